The minimum atomic E-state index is 0.524. The van der Waals surface area contributed by atoms with Crippen LogP contribution in [0.3, 0.4) is 0 Å². The molecule has 1 aliphatic carbocycles. The van der Waals surface area contributed by atoms with Gasteiger partial charge in [-0.3, -0.25) is 4.90 Å². The van der Waals surface area contributed by atoms with Crippen LogP contribution in [0.2, 0.25) is 0 Å². The van der Waals surface area contributed by atoms with Crippen LogP contribution < -0.4 is 10.6 Å². The quantitative estimate of drug-likeness (QED) is 0.678. The second-order valence-electron chi connectivity index (χ2n) is 6.54. The van der Waals surface area contributed by atoms with E-state index in [1.54, 1.807) is 0 Å². The first-order valence-corrected chi connectivity index (χ1v) is 7.02. The molecule has 1 saturated carbocycles. The maximum absolute atomic E-state index is 3.77. The van der Waals surface area contributed by atoms with E-state index < -0.39 is 0 Å². The summed E-state index contributed by atoms with van der Waals surface area (Å²) in [7, 11) is 0. The molecule has 4 fully saturated rings. The van der Waals surface area contributed by atoms with E-state index in [0.29, 0.717) is 11.0 Å². The van der Waals surface area contributed by atoms with Gasteiger partial charge in [0.05, 0.1) is 0 Å². The Hall–Kier alpha value is -0.120. The van der Waals surface area contributed by atoms with E-state index in [4.69, 9.17) is 0 Å². The minimum absolute atomic E-state index is 0.524. The third-order valence-corrected chi connectivity index (χ3v) is 5.58. The van der Waals surface area contributed by atoms with Crippen LogP contribution >= 0.6 is 0 Å². The summed E-state index contributed by atoms with van der Waals surface area (Å²) in [5.74, 6) is 0. The zero-order valence-corrected chi connectivity index (χ0v) is 10.1. The molecule has 0 aromatic carbocycles. The number of likely N-dealkylation sites (tertiary alicyclic amines) is 1. The summed E-state index contributed by atoms with van der Waals surface area (Å²) in [6.07, 6.45) is 7.10. The highest BCUT2D eigenvalue weighted by Crippen LogP contribution is 2.55. The zero-order chi connectivity index (χ0) is 10.6. The highest BCUT2D eigenvalue weighted by molar-refractivity contribution is 5.15. The molecule has 0 aromatic heterocycles. The van der Waals surface area contributed by atoms with Crippen LogP contribution in [0.5, 0.6) is 0 Å². The molecule has 0 amide bonds. The van der Waals surface area contributed by atoms with Crippen molar-refractivity contribution in [1.29, 1.82) is 0 Å². The maximum Gasteiger partial charge on any atom is 0.0321 e. The molecule has 3 unspecified atom stereocenters. The molecule has 0 radical (unpaired) electrons. The highest BCUT2D eigenvalue weighted by atomic mass is 15.3. The third-order valence-electron chi connectivity index (χ3n) is 5.58. The van der Waals surface area contributed by atoms with Gasteiger partial charge in [0, 0.05) is 36.6 Å². The molecule has 3 heterocycles. The Labute approximate surface area is 98.0 Å². The fourth-order valence-corrected chi connectivity index (χ4v) is 4.45. The molecule has 3 atom stereocenters. The smallest absolute Gasteiger partial charge is 0.0321 e. The molecule has 3 aliphatic heterocycles. The van der Waals surface area contributed by atoms with Crippen molar-refractivity contribution in [2.24, 2.45) is 5.41 Å². The number of hydrogen-bond acceptors (Lipinski definition) is 3. The lowest BCUT2D eigenvalue weighted by Crippen LogP contribution is -2.43. The summed E-state index contributed by atoms with van der Waals surface area (Å²) in [4.78, 5) is 2.80. The van der Waals surface area contributed by atoms with Gasteiger partial charge in [-0.05, 0) is 45.2 Å². The minimum Gasteiger partial charge on any atom is -0.316 e. The lowest BCUT2D eigenvalue weighted by atomic mass is 9.97. The summed E-state index contributed by atoms with van der Waals surface area (Å²) >= 11 is 0. The van der Waals surface area contributed by atoms with Gasteiger partial charge in [0.2, 0.25) is 0 Å². The van der Waals surface area contributed by atoms with Crippen molar-refractivity contribution in [1.82, 2.24) is 15.5 Å². The number of nitrogens with zero attached hydrogens (tertiary/aromatic N) is 1. The van der Waals surface area contributed by atoms with Crippen LogP contribution in [0.25, 0.3) is 0 Å². The van der Waals surface area contributed by atoms with E-state index in [1.807, 2.05) is 0 Å². The summed E-state index contributed by atoms with van der Waals surface area (Å²) < 4.78 is 0. The molecule has 4 rings (SSSR count). The molecule has 2 spiro atoms. The van der Waals surface area contributed by atoms with Crippen molar-refractivity contribution in [2.75, 3.05) is 32.7 Å². The molecule has 0 aromatic rings. The lowest BCUT2D eigenvalue weighted by molar-refractivity contribution is 0.255. The van der Waals surface area contributed by atoms with Gasteiger partial charge in [-0.2, -0.15) is 0 Å². The van der Waals surface area contributed by atoms with Gasteiger partial charge in [-0.15, -0.1) is 0 Å². The number of hydrogen-bond donors (Lipinski definition) is 2. The Bertz CT molecular complexity index is 290. The van der Waals surface area contributed by atoms with E-state index in [-0.39, 0.29) is 0 Å². The Morgan fingerprint density at radius 2 is 2.12 bits per heavy atom. The van der Waals surface area contributed by atoms with Crippen molar-refractivity contribution in [3.05, 3.63) is 0 Å². The van der Waals surface area contributed by atoms with E-state index in [2.05, 4.69) is 15.5 Å². The maximum atomic E-state index is 3.77. The van der Waals surface area contributed by atoms with Crippen LogP contribution in [0.1, 0.15) is 32.1 Å². The van der Waals surface area contributed by atoms with Crippen LogP contribution in [0.4, 0.5) is 0 Å². The zero-order valence-electron chi connectivity index (χ0n) is 10.1. The van der Waals surface area contributed by atoms with Crippen molar-refractivity contribution in [2.45, 2.75) is 43.7 Å². The standard InChI is InChI=1S/C13H23N3/c1-2-13(15-5-1)4-7-16(10-13)11-8-12(11)3-6-14-9-12/h11,14-15H,1-10H2. The van der Waals surface area contributed by atoms with Gasteiger partial charge in [-0.1, -0.05) is 0 Å². The average Bonchev–Trinajstić information content (AvgIpc) is 2.73. The number of rotatable bonds is 1. The van der Waals surface area contributed by atoms with Gasteiger partial charge in [-0.25, -0.2) is 0 Å². The lowest BCUT2D eigenvalue weighted by Gasteiger charge is -2.25. The molecular formula is C13H23N3. The molecule has 0 bridgehead atoms. The van der Waals surface area contributed by atoms with Crippen molar-refractivity contribution < 1.29 is 0 Å². The molecule has 3 heteroatoms. The molecule has 90 valence electrons. The van der Waals surface area contributed by atoms with Crippen LogP contribution in [-0.4, -0.2) is 49.2 Å². The Balaban J connectivity index is 1.44. The topological polar surface area (TPSA) is 27.3 Å². The first-order chi connectivity index (χ1) is 7.82. The predicted octanol–water partition coefficient (Wildman–Crippen LogP) is 0.566. The molecule has 16 heavy (non-hydrogen) atoms. The van der Waals surface area contributed by atoms with Crippen molar-refractivity contribution >= 4 is 0 Å². The fourth-order valence-electron chi connectivity index (χ4n) is 4.45. The van der Waals surface area contributed by atoms with E-state index in [0.717, 1.165) is 6.04 Å². The second kappa shape index (κ2) is 3.21. The van der Waals surface area contributed by atoms with Gasteiger partial charge in [0.15, 0.2) is 0 Å². The van der Waals surface area contributed by atoms with Crippen molar-refractivity contribution in [3.8, 4) is 0 Å². The SMILES string of the molecule is C1CNC2(C1)CCN(C1CC13CCNC3)C2. The summed E-state index contributed by atoms with van der Waals surface area (Å²) in [6, 6.07) is 0.921. The molecular weight excluding hydrogens is 198 g/mol. The predicted molar refractivity (Wildman–Crippen MR) is 64.5 cm³/mol. The first kappa shape index (κ1) is 9.86. The number of nitrogens with one attached hydrogen (secondary N) is 2. The van der Waals surface area contributed by atoms with Gasteiger partial charge in [0.1, 0.15) is 0 Å². The van der Waals surface area contributed by atoms with Crippen LogP contribution in [0, 0.1) is 5.41 Å². The average molecular weight is 221 g/mol. The molecule has 3 nitrogen and oxygen atoms in total. The highest BCUT2D eigenvalue weighted by Gasteiger charge is 2.59. The van der Waals surface area contributed by atoms with Gasteiger partial charge in [0.25, 0.3) is 0 Å². The third kappa shape index (κ3) is 1.31. The Morgan fingerprint density at radius 3 is 2.88 bits per heavy atom. The van der Waals surface area contributed by atoms with Crippen LogP contribution in [0.15, 0.2) is 0 Å². The molecule has 2 N–H and O–H groups in total. The molecule has 4 aliphatic rings. The van der Waals surface area contributed by atoms with Gasteiger partial charge < -0.3 is 10.6 Å². The normalized spacial score (nSPS) is 52.1. The monoisotopic (exact) mass is 221 g/mol. The van der Waals surface area contributed by atoms with E-state index in [1.165, 1.54) is 64.8 Å². The van der Waals surface area contributed by atoms with Crippen molar-refractivity contribution in [3.63, 3.8) is 0 Å². The molecule has 3 saturated heterocycles. The van der Waals surface area contributed by atoms with Crippen LogP contribution in [-0.2, 0) is 0 Å². The summed E-state index contributed by atoms with van der Waals surface area (Å²) in [6.45, 7) is 6.48. The summed E-state index contributed by atoms with van der Waals surface area (Å²) in [5.41, 5.74) is 1.22. The largest absolute Gasteiger partial charge is 0.316 e. The summed E-state index contributed by atoms with van der Waals surface area (Å²) in [5, 5.41) is 7.31. The van der Waals surface area contributed by atoms with E-state index >= 15 is 0 Å². The first-order valence-electron chi connectivity index (χ1n) is 7.02. The Morgan fingerprint density at radius 1 is 1.12 bits per heavy atom. The Kier molecular flexibility index (Phi) is 1.98. The second-order valence-corrected chi connectivity index (χ2v) is 6.54. The van der Waals surface area contributed by atoms with E-state index in [9.17, 15) is 0 Å². The van der Waals surface area contributed by atoms with Gasteiger partial charge >= 0.3 is 0 Å². The fraction of sp³-hybridized carbons (Fsp3) is 1.00.